The van der Waals surface area contributed by atoms with Crippen molar-refractivity contribution >= 4 is 5.69 Å². The van der Waals surface area contributed by atoms with Crippen LogP contribution < -0.4 is 10.5 Å². The second-order valence-electron chi connectivity index (χ2n) is 4.48. The van der Waals surface area contributed by atoms with Crippen molar-refractivity contribution in [3.8, 4) is 11.4 Å². The number of aromatic nitrogens is 2. The summed E-state index contributed by atoms with van der Waals surface area (Å²) in [5.74, 6) is -0.221. The molecule has 2 N–H and O–H groups in total. The van der Waals surface area contributed by atoms with Crippen LogP contribution in [0, 0.1) is 19.7 Å². The summed E-state index contributed by atoms with van der Waals surface area (Å²) in [4.78, 5) is 4.22. The molecular weight excluding hydrogens is 245 g/mol. The van der Waals surface area contributed by atoms with Gasteiger partial charge in [-0.25, -0.2) is 9.37 Å². The fraction of sp³-hybridized carbons (Fsp3) is 0.357. The first kappa shape index (κ1) is 13.4. The van der Waals surface area contributed by atoms with Crippen LogP contribution in [0.25, 0.3) is 5.69 Å². The number of hydrogen-bond acceptors (Lipinski definition) is 3. The van der Waals surface area contributed by atoms with Crippen LogP contribution in [0.1, 0.15) is 24.7 Å². The van der Waals surface area contributed by atoms with Gasteiger partial charge in [0, 0.05) is 17.8 Å². The van der Waals surface area contributed by atoms with Gasteiger partial charge < -0.3 is 15.0 Å². The van der Waals surface area contributed by atoms with E-state index in [0.717, 1.165) is 17.8 Å². The fourth-order valence-corrected chi connectivity index (χ4v) is 1.83. The Balaban J connectivity index is 2.48. The highest BCUT2D eigenvalue weighted by molar-refractivity contribution is 5.61. The van der Waals surface area contributed by atoms with Gasteiger partial charge in [-0.3, -0.25) is 0 Å². The lowest BCUT2D eigenvalue weighted by Gasteiger charge is -2.13. The third kappa shape index (κ3) is 2.54. The Morgan fingerprint density at radius 3 is 2.68 bits per heavy atom. The van der Waals surface area contributed by atoms with E-state index < -0.39 is 5.82 Å². The molecule has 0 saturated heterocycles. The van der Waals surface area contributed by atoms with Crippen LogP contribution in [0.2, 0.25) is 0 Å². The molecule has 19 heavy (non-hydrogen) atoms. The summed E-state index contributed by atoms with van der Waals surface area (Å²) in [6.07, 6.45) is 2.50. The Bertz CT molecular complexity index is 593. The zero-order valence-electron chi connectivity index (χ0n) is 11.4. The Labute approximate surface area is 112 Å². The van der Waals surface area contributed by atoms with Crippen LogP contribution in [-0.2, 0) is 0 Å². The lowest BCUT2D eigenvalue weighted by atomic mass is 10.2. The average molecular weight is 263 g/mol. The number of anilines is 1. The van der Waals surface area contributed by atoms with Crippen molar-refractivity contribution in [3.05, 3.63) is 35.7 Å². The van der Waals surface area contributed by atoms with E-state index in [1.54, 1.807) is 12.4 Å². The summed E-state index contributed by atoms with van der Waals surface area (Å²) in [6.45, 7) is 6.31. The maximum absolute atomic E-state index is 13.7. The average Bonchev–Trinajstić information content (AvgIpc) is 2.69. The molecule has 0 aliphatic carbocycles. The molecule has 0 saturated carbocycles. The van der Waals surface area contributed by atoms with Gasteiger partial charge in [-0.1, -0.05) is 6.92 Å². The molecule has 4 nitrogen and oxygen atoms in total. The highest BCUT2D eigenvalue weighted by Crippen LogP contribution is 2.28. The molecule has 0 spiro atoms. The molecule has 0 atom stereocenters. The molecule has 102 valence electrons. The number of nitrogens with two attached hydrogens (primary N) is 1. The van der Waals surface area contributed by atoms with Crippen LogP contribution in [0.4, 0.5) is 10.1 Å². The summed E-state index contributed by atoms with van der Waals surface area (Å²) in [6, 6.07) is 2.91. The minimum absolute atomic E-state index is 0.219. The highest BCUT2D eigenvalue weighted by atomic mass is 19.1. The minimum Gasteiger partial charge on any atom is -0.490 e. The first-order valence-electron chi connectivity index (χ1n) is 6.27. The standard InChI is InChI=1S/C14H18FN3O/c1-4-5-19-14-7-13(12(16)6-11(14)15)18-8-17-9(2)10(18)3/h6-8H,4-5,16H2,1-3H3. The van der Waals surface area contributed by atoms with Crippen molar-refractivity contribution in [2.45, 2.75) is 27.2 Å². The van der Waals surface area contributed by atoms with Crippen molar-refractivity contribution in [3.63, 3.8) is 0 Å². The van der Waals surface area contributed by atoms with E-state index in [9.17, 15) is 4.39 Å². The van der Waals surface area contributed by atoms with Gasteiger partial charge in [0.2, 0.25) is 0 Å². The molecule has 0 bridgehead atoms. The van der Waals surface area contributed by atoms with Crippen LogP contribution in [0.15, 0.2) is 18.5 Å². The van der Waals surface area contributed by atoms with E-state index in [-0.39, 0.29) is 5.75 Å². The van der Waals surface area contributed by atoms with E-state index in [1.807, 2.05) is 25.3 Å². The molecule has 2 rings (SSSR count). The summed E-state index contributed by atoms with van der Waals surface area (Å²) < 4.78 is 21.0. The van der Waals surface area contributed by atoms with E-state index in [4.69, 9.17) is 10.5 Å². The Hall–Kier alpha value is -2.04. The van der Waals surface area contributed by atoms with Crippen molar-refractivity contribution in [1.29, 1.82) is 0 Å². The predicted octanol–water partition coefficient (Wildman–Crippen LogP) is 3.00. The molecule has 1 heterocycles. The first-order valence-corrected chi connectivity index (χ1v) is 6.27. The van der Waals surface area contributed by atoms with Crippen molar-refractivity contribution in [1.82, 2.24) is 9.55 Å². The number of nitrogen functional groups attached to an aromatic ring is 1. The number of nitrogens with zero attached hydrogens (tertiary/aromatic N) is 2. The normalized spacial score (nSPS) is 10.7. The molecule has 5 heteroatoms. The second-order valence-corrected chi connectivity index (χ2v) is 4.48. The summed E-state index contributed by atoms with van der Waals surface area (Å²) in [7, 11) is 0. The number of rotatable bonds is 4. The molecule has 0 unspecified atom stereocenters. The van der Waals surface area contributed by atoms with Gasteiger partial charge in [0.25, 0.3) is 0 Å². The zero-order chi connectivity index (χ0) is 14.0. The molecule has 0 radical (unpaired) electrons. The summed E-state index contributed by atoms with van der Waals surface area (Å²) in [5.41, 5.74) is 8.82. The maximum Gasteiger partial charge on any atom is 0.167 e. The largest absolute Gasteiger partial charge is 0.490 e. The molecule has 0 aliphatic heterocycles. The number of aryl methyl sites for hydroxylation is 1. The first-order chi connectivity index (χ1) is 9.04. The molecular formula is C14H18FN3O. The van der Waals surface area contributed by atoms with E-state index >= 15 is 0 Å². The monoisotopic (exact) mass is 263 g/mol. The van der Waals surface area contributed by atoms with Gasteiger partial charge in [0.1, 0.15) is 0 Å². The second kappa shape index (κ2) is 5.30. The number of hydrogen-bond donors (Lipinski definition) is 1. The lowest BCUT2D eigenvalue weighted by molar-refractivity contribution is 0.301. The van der Waals surface area contributed by atoms with Crippen molar-refractivity contribution in [2.24, 2.45) is 0 Å². The van der Waals surface area contributed by atoms with Crippen molar-refractivity contribution in [2.75, 3.05) is 12.3 Å². The fourth-order valence-electron chi connectivity index (χ4n) is 1.83. The van der Waals surface area contributed by atoms with E-state index in [0.29, 0.717) is 18.0 Å². The molecule has 0 amide bonds. The lowest BCUT2D eigenvalue weighted by Crippen LogP contribution is -2.04. The van der Waals surface area contributed by atoms with Gasteiger partial charge in [-0.15, -0.1) is 0 Å². The van der Waals surface area contributed by atoms with Gasteiger partial charge in [0.05, 0.1) is 30.0 Å². The smallest absolute Gasteiger partial charge is 0.167 e. The van der Waals surface area contributed by atoms with Crippen LogP contribution in [0.5, 0.6) is 5.75 Å². The molecule has 1 aromatic carbocycles. The maximum atomic E-state index is 13.7. The van der Waals surface area contributed by atoms with Crippen LogP contribution in [0.3, 0.4) is 0 Å². The van der Waals surface area contributed by atoms with Gasteiger partial charge in [-0.2, -0.15) is 0 Å². The Morgan fingerprint density at radius 2 is 2.11 bits per heavy atom. The zero-order valence-corrected chi connectivity index (χ0v) is 11.4. The van der Waals surface area contributed by atoms with Gasteiger partial charge in [-0.05, 0) is 20.3 Å². The van der Waals surface area contributed by atoms with Crippen LogP contribution >= 0.6 is 0 Å². The van der Waals surface area contributed by atoms with Crippen LogP contribution in [-0.4, -0.2) is 16.2 Å². The number of benzene rings is 1. The van der Waals surface area contributed by atoms with Gasteiger partial charge in [0.15, 0.2) is 11.6 Å². The Morgan fingerprint density at radius 1 is 1.37 bits per heavy atom. The predicted molar refractivity (Wildman–Crippen MR) is 73.2 cm³/mol. The van der Waals surface area contributed by atoms with Crippen molar-refractivity contribution < 1.29 is 9.13 Å². The molecule has 1 aromatic heterocycles. The number of ether oxygens (including phenoxy) is 1. The topological polar surface area (TPSA) is 53.1 Å². The Kier molecular flexibility index (Phi) is 3.74. The number of imidazole rings is 1. The van der Waals surface area contributed by atoms with Gasteiger partial charge >= 0.3 is 0 Å². The quantitative estimate of drug-likeness (QED) is 0.863. The third-order valence-corrected chi connectivity index (χ3v) is 3.05. The summed E-state index contributed by atoms with van der Waals surface area (Å²) in [5, 5.41) is 0. The highest BCUT2D eigenvalue weighted by Gasteiger charge is 2.13. The molecule has 0 aliphatic rings. The third-order valence-electron chi connectivity index (χ3n) is 3.05. The van der Waals surface area contributed by atoms with E-state index in [2.05, 4.69) is 4.98 Å². The van der Waals surface area contributed by atoms with E-state index in [1.165, 1.54) is 6.07 Å². The molecule has 0 fully saturated rings. The minimum atomic E-state index is -0.441. The SMILES string of the molecule is CCCOc1cc(-n2cnc(C)c2C)c(N)cc1F. The summed E-state index contributed by atoms with van der Waals surface area (Å²) >= 11 is 0. The number of halogens is 1. The molecule has 2 aromatic rings.